The van der Waals surface area contributed by atoms with Crippen LogP contribution in [0.25, 0.3) is 23.1 Å². The predicted octanol–water partition coefficient (Wildman–Crippen LogP) is 1.34. The van der Waals surface area contributed by atoms with E-state index in [1.54, 1.807) is 14.2 Å². The van der Waals surface area contributed by atoms with Crippen molar-refractivity contribution in [1.82, 2.24) is 0 Å². The Kier molecular flexibility index (Phi) is 6.82. The second-order valence-corrected chi connectivity index (χ2v) is 5.51. The zero-order valence-electron chi connectivity index (χ0n) is 14.7. The Morgan fingerprint density at radius 1 is 0.880 bits per heavy atom. The van der Waals surface area contributed by atoms with Gasteiger partial charge in [-0.15, -0.1) is 0 Å². The molecule has 130 valence electrons. The van der Waals surface area contributed by atoms with E-state index in [9.17, 15) is 0 Å². The van der Waals surface area contributed by atoms with Gasteiger partial charge in [-0.3, -0.25) is 0 Å². The summed E-state index contributed by atoms with van der Waals surface area (Å²) in [6.07, 6.45) is 4.23. The van der Waals surface area contributed by atoms with Gasteiger partial charge in [-0.25, -0.2) is 0 Å². The van der Waals surface area contributed by atoms with E-state index in [1.807, 2.05) is 18.2 Å². The fourth-order valence-electron chi connectivity index (χ4n) is 2.92. The second kappa shape index (κ2) is 8.85. The highest BCUT2D eigenvalue weighted by molar-refractivity contribution is 5.77. The molecule has 0 N–H and O–H groups in total. The molecule has 0 spiro atoms. The van der Waals surface area contributed by atoms with Crippen molar-refractivity contribution in [2.24, 2.45) is 0 Å². The summed E-state index contributed by atoms with van der Waals surface area (Å²) in [5.41, 5.74) is 3.49. The number of hydrogen-bond donors (Lipinski definition) is 0. The first-order valence-corrected chi connectivity index (χ1v) is 8.08. The number of ether oxygens (including phenoxy) is 2. The second-order valence-electron chi connectivity index (χ2n) is 5.51. The van der Waals surface area contributed by atoms with Crippen molar-refractivity contribution in [3.63, 3.8) is 0 Å². The van der Waals surface area contributed by atoms with E-state index in [0.717, 1.165) is 23.6 Å². The molecular weight excluding hydrogens is 425 g/mol. The fourth-order valence-corrected chi connectivity index (χ4v) is 2.92. The van der Waals surface area contributed by atoms with E-state index in [-0.39, 0.29) is 24.0 Å². The molecule has 0 atom stereocenters. The van der Waals surface area contributed by atoms with E-state index in [1.165, 1.54) is 16.6 Å². The average Bonchev–Trinajstić information content (AvgIpc) is 2.65. The van der Waals surface area contributed by atoms with Crippen LogP contribution in [0.5, 0.6) is 11.5 Å². The zero-order valence-corrected chi connectivity index (χ0v) is 16.9. The molecule has 2 aromatic carbocycles. The van der Waals surface area contributed by atoms with E-state index >= 15 is 0 Å². The number of pyridine rings is 1. The van der Waals surface area contributed by atoms with Crippen molar-refractivity contribution < 1.29 is 38.0 Å². The molecule has 1 aromatic heterocycles. The first kappa shape index (κ1) is 19.2. The zero-order chi connectivity index (χ0) is 16.9. The van der Waals surface area contributed by atoms with Gasteiger partial charge in [0, 0.05) is 23.6 Å². The minimum absolute atomic E-state index is 0. The summed E-state index contributed by atoms with van der Waals surface area (Å²) in [7, 11) is 3.30. The lowest BCUT2D eigenvalue weighted by Crippen LogP contribution is -3.00. The molecule has 3 nitrogen and oxygen atoms in total. The lowest BCUT2D eigenvalue weighted by molar-refractivity contribution is -0.669. The molecule has 0 bridgehead atoms. The first-order chi connectivity index (χ1) is 11.8. The van der Waals surface area contributed by atoms with E-state index in [0.29, 0.717) is 0 Å². The van der Waals surface area contributed by atoms with Gasteiger partial charge in [0.15, 0.2) is 11.5 Å². The SMILES string of the molecule is CC[n+]1c(C=Cc2ccc(OC)c(OC)c2)ccc2ccccc21.[I-]. The highest BCUT2D eigenvalue weighted by Gasteiger charge is 2.11. The minimum Gasteiger partial charge on any atom is -1.00 e. The molecule has 0 fully saturated rings. The van der Waals surface area contributed by atoms with Crippen molar-refractivity contribution in [2.75, 3.05) is 14.2 Å². The lowest BCUT2D eigenvalue weighted by Gasteiger charge is -2.07. The molecule has 3 aromatic rings. The summed E-state index contributed by atoms with van der Waals surface area (Å²) in [6.45, 7) is 3.09. The van der Waals surface area contributed by atoms with Crippen molar-refractivity contribution >= 4 is 23.1 Å². The summed E-state index contributed by atoms with van der Waals surface area (Å²) in [5, 5.41) is 1.25. The van der Waals surface area contributed by atoms with Crippen LogP contribution in [0.1, 0.15) is 18.2 Å². The Morgan fingerprint density at radius 3 is 2.36 bits per heavy atom. The third-order valence-electron chi connectivity index (χ3n) is 4.14. The number of benzene rings is 2. The molecule has 0 aliphatic rings. The molecule has 0 unspecified atom stereocenters. The maximum absolute atomic E-state index is 5.37. The van der Waals surface area contributed by atoms with Gasteiger partial charge in [-0.05, 0) is 42.8 Å². The smallest absolute Gasteiger partial charge is 0.212 e. The van der Waals surface area contributed by atoms with E-state index in [4.69, 9.17) is 9.47 Å². The number of aromatic nitrogens is 1. The highest BCUT2D eigenvalue weighted by atomic mass is 127. The van der Waals surface area contributed by atoms with Crippen molar-refractivity contribution in [2.45, 2.75) is 13.5 Å². The number of rotatable bonds is 5. The van der Waals surface area contributed by atoms with Gasteiger partial charge in [0.05, 0.1) is 14.2 Å². The van der Waals surface area contributed by atoms with Crippen LogP contribution in [-0.4, -0.2) is 14.2 Å². The van der Waals surface area contributed by atoms with Crippen LogP contribution in [0, 0.1) is 0 Å². The van der Waals surface area contributed by atoms with Gasteiger partial charge in [0.2, 0.25) is 11.2 Å². The summed E-state index contributed by atoms with van der Waals surface area (Å²) < 4.78 is 13.0. The monoisotopic (exact) mass is 447 g/mol. The summed E-state index contributed by atoms with van der Waals surface area (Å²) >= 11 is 0. The average molecular weight is 447 g/mol. The standard InChI is InChI=1S/C21H22NO2.HI/c1-4-22-18(13-11-17-7-5-6-8-19(17)22)12-9-16-10-14-20(23-2)21(15-16)24-3;/h5-15H,4H2,1-3H3;1H/q+1;/p-1. The largest absolute Gasteiger partial charge is 1.00 e. The normalized spacial score (nSPS) is 10.7. The van der Waals surface area contributed by atoms with Gasteiger partial charge in [0.25, 0.3) is 0 Å². The number of methoxy groups -OCH3 is 2. The van der Waals surface area contributed by atoms with Gasteiger partial charge >= 0.3 is 0 Å². The summed E-state index contributed by atoms with van der Waals surface area (Å²) in [6, 6.07) is 18.7. The fraction of sp³-hybridized carbons (Fsp3) is 0.190. The van der Waals surface area contributed by atoms with Gasteiger partial charge < -0.3 is 33.5 Å². The van der Waals surface area contributed by atoms with Crippen molar-refractivity contribution in [3.8, 4) is 11.5 Å². The van der Waals surface area contributed by atoms with Crippen LogP contribution < -0.4 is 38.0 Å². The number of nitrogens with zero attached hydrogens (tertiary/aromatic N) is 1. The van der Waals surface area contributed by atoms with Crippen molar-refractivity contribution in [1.29, 1.82) is 0 Å². The van der Waals surface area contributed by atoms with Crippen LogP contribution >= 0.6 is 0 Å². The van der Waals surface area contributed by atoms with Gasteiger partial charge in [0.1, 0.15) is 6.54 Å². The lowest BCUT2D eigenvalue weighted by atomic mass is 10.1. The highest BCUT2D eigenvalue weighted by Crippen LogP contribution is 2.28. The molecule has 3 rings (SSSR count). The molecule has 0 aliphatic heterocycles. The number of aryl methyl sites for hydroxylation is 1. The molecule has 0 saturated heterocycles. The minimum atomic E-state index is 0. The number of fused-ring (bicyclic) bond motifs is 1. The maximum Gasteiger partial charge on any atom is 0.212 e. The molecule has 4 heteroatoms. The third-order valence-corrected chi connectivity index (χ3v) is 4.14. The van der Waals surface area contributed by atoms with Gasteiger partial charge in [-0.2, -0.15) is 4.57 Å². The number of para-hydroxylation sites is 1. The van der Waals surface area contributed by atoms with Gasteiger partial charge in [-0.1, -0.05) is 18.2 Å². The Balaban J connectivity index is 0.00000225. The molecule has 25 heavy (non-hydrogen) atoms. The molecule has 0 aliphatic carbocycles. The summed E-state index contributed by atoms with van der Waals surface area (Å²) in [5.74, 6) is 1.48. The van der Waals surface area contributed by atoms with Crippen LogP contribution in [-0.2, 0) is 6.54 Å². The predicted molar refractivity (Wildman–Crippen MR) is 98.3 cm³/mol. The number of hydrogen-bond acceptors (Lipinski definition) is 2. The van der Waals surface area contributed by atoms with Crippen molar-refractivity contribution in [3.05, 3.63) is 65.9 Å². The van der Waals surface area contributed by atoms with E-state index in [2.05, 4.69) is 60.0 Å². The van der Waals surface area contributed by atoms with Crippen LogP contribution in [0.15, 0.2) is 54.6 Å². The number of halogens is 1. The first-order valence-electron chi connectivity index (χ1n) is 8.08. The Bertz CT molecular complexity index is 890. The quantitative estimate of drug-likeness (QED) is 0.435. The molecular formula is C21H22INO2. The third kappa shape index (κ3) is 4.12. The Labute approximate surface area is 165 Å². The van der Waals surface area contributed by atoms with Crippen LogP contribution in [0.4, 0.5) is 0 Å². The van der Waals surface area contributed by atoms with E-state index < -0.39 is 0 Å². The maximum atomic E-state index is 5.37. The topological polar surface area (TPSA) is 22.3 Å². The van der Waals surface area contributed by atoms with Crippen LogP contribution in [0.3, 0.4) is 0 Å². The molecule has 0 saturated carbocycles. The summed E-state index contributed by atoms with van der Waals surface area (Å²) in [4.78, 5) is 0. The van der Waals surface area contributed by atoms with Crippen LogP contribution in [0.2, 0.25) is 0 Å². The Morgan fingerprint density at radius 2 is 1.64 bits per heavy atom. The molecule has 0 amide bonds. The molecule has 1 heterocycles. The Hall–Kier alpha value is -2.08. The molecule has 0 radical (unpaired) electrons.